The zero-order chi connectivity index (χ0) is 15.4. The standard InChI is InChI=1S/C17H23N3O/c1-11(2)14-7-6-12(3)16(8-14)21-17-19-10-15(9-18-5)13(4)20-17/h6-8,10-11,18H,9H2,1-5H3. The molecule has 2 rings (SSSR count). The van der Waals surface area contributed by atoms with E-state index in [2.05, 4.69) is 47.3 Å². The zero-order valence-corrected chi connectivity index (χ0v) is 13.4. The molecule has 0 saturated carbocycles. The van der Waals surface area contributed by atoms with Crippen molar-refractivity contribution < 1.29 is 4.74 Å². The Morgan fingerprint density at radius 1 is 1.24 bits per heavy atom. The van der Waals surface area contributed by atoms with Crippen molar-refractivity contribution in [2.75, 3.05) is 7.05 Å². The maximum Gasteiger partial charge on any atom is 0.322 e. The van der Waals surface area contributed by atoms with E-state index in [1.54, 1.807) is 0 Å². The fourth-order valence-electron chi connectivity index (χ4n) is 2.07. The molecule has 2 aromatic rings. The van der Waals surface area contributed by atoms with Gasteiger partial charge in [0.2, 0.25) is 0 Å². The van der Waals surface area contributed by atoms with Gasteiger partial charge in [0.1, 0.15) is 5.75 Å². The summed E-state index contributed by atoms with van der Waals surface area (Å²) >= 11 is 0. The predicted molar refractivity (Wildman–Crippen MR) is 84.9 cm³/mol. The van der Waals surface area contributed by atoms with Gasteiger partial charge < -0.3 is 10.1 Å². The van der Waals surface area contributed by atoms with Crippen molar-refractivity contribution in [3.8, 4) is 11.8 Å². The van der Waals surface area contributed by atoms with Crippen molar-refractivity contribution in [3.63, 3.8) is 0 Å². The Kier molecular flexibility index (Phi) is 4.91. The van der Waals surface area contributed by atoms with Crippen LogP contribution in [0.25, 0.3) is 0 Å². The van der Waals surface area contributed by atoms with Gasteiger partial charge in [0.15, 0.2) is 0 Å². The van der Waals surface area contributed by atoms with Gasteiger partial charge in [0, 0.05) is 24.0 Å². The van der Waals surface area contributed by atoms with E-state index in [1.807, 2.05) is 27.1 Å². The Morgan fingerprint density at radius 3 is 2.62 bits per heavy atom. The van der Waals surface area contributed by atoms with Gasteiger partial charge in [-0.2, -0.15) is 4.98 Å². The molecule has 0 atom stereocenters. The van der Waals surface area contributed by atoms with Crippen LogP contribution in [0.1, 0.15) is 42.1 Å². The average Bonchev–Trinajstić information content (AvgIpc) is 2.44. The van der Waals surface area contributed by atoms with Crippen LogP contribution >= 0.6 is 0 Å². The number of rotatable bonds is 5. The number of nitrogens with one attached hydrogen (secondary N) is 1. The number of benzene rings is 1. The van der Waals surface area contributed by atoms with E-state index in [1.165, 1.54) is 5.56 Å². The lowest BCUT2D eigenvalue weighted by atomic mass is 10.0. The molecule has 0 radical (unpaired) electrons. The van der Waals surface area contributed by atoms with E-state index >= 15 is 0 Å². The van der Waals surface area contributed by atoms with Crippen molar-refractivity contribution >= 4 is 0 Å². The molecule has 1 aromatic carbocycles. The summed E-state index contributed by atoms with van der Waals surface area (Å²) in [4.78, 5) is 8.73. The van der Waals surface area contributed by atoms with Crippen LogP contribution in [0.5, 0.6) is 11.8 Å². The van der Waals surface area contributed by atoms with E-state index in [0.717, 1.165) is 29.1 Å². The van der Waals surface area contributed by atoms with Crippen LogP contribution in [0.3, 0.4) is 0 Å². The first-order valence-electron chi connectivity index (χ1n) is 7.26. The van der Waals surface area contributed by atoms with Crippen LogP contribution < -0.4 is 10.1 Å². The minimum absolute atomic E-state index is 0.399. The summed E-state index contributed by atoms with van der Waals surface area (Å²) in [7, 11) is 1.91. The van der Waals surface area contributed by atoms with Crippen molar-refractivity contribution in [3.05, 3.63) is 46.8 Å². The molecule has 0 aliphatic carbocycles. The molecule has 1 aromatic heterocycles. The SMILES string of the molecule is CNCc1cnc(Oc2cc(C(C)C)ccc2C)nc1C. The Morgan fingerprint density at radius 2 is 2.00 bits per heavy atom. The smallest absolute Gasteiger partial charge is 0.322 e. The van der Waals surface area contributed by atoms with Crippen LogP contribution in [-0.2, 0) is 6.54 Å². The van der Waals surface area contributed by atoms with Crippen LogP contribution in [0.4, 0.5) is 0 Å². The van der Waals surface area contributed by atoms with Gasteiger partial charge in [-0.3, -0.25) is 0 Å². The lowest BCUT2D eigenvalue weighted by molar-refractivity contribution is 0.435. The van der Waals surface area contributed by atoms with Crippen LogP contribution in [0.2, 0.25) is 0 Å². The third kappa shape index (κ3) is 3.79. The van der Waals surface area contributed by atoms with E-state index in [9.17, 15) is 0 Å². The molecule has 0 unspecified atom stereocenters. The minimum Gasteiger partial charge on any atom is -0.424 e. The summed E-state index contributed by atoms with van der Waals surface area (Å²) < 4.78 is 5.87. The van der Waals surface area contributed by atoms with E-state index in [4.69, 9.17) is 4.74 Å². The van der Waals surface area contributed by atoms with Crippen molar-refractivity contribution in [1.29, 1.82) is 0 Å². The van der Waals surface area contributed by atoms with E-state index in [0.29, 0.717) is 11.9 Å². The molecule has 0 spiro atoms. The largest absolute Gasteiger partial charge is 0.424 e. The van der Waals surface area contributed by atoms with Gasteiger partial charge in [0.05, 0.1) is 0 Å². The van der Waals surface area contributed by atoms with Crippen LogP contribution in [-0.4, -0.2) is 17.0 Å². The molecule has 0 bridgehead atoms. The first-order chi connectivity index (χ1) is 10.0. The molecule has 1 heterocycles. The number of hydrogen-bond acceptors (Lipinski definition) is 4. The molecule has 0 fully saturated rings. The minimum atomic E-state index is 0.399. The quantitative estimate of drug-likeness (QED) is 0.909. The molecule has 21 heavy (non-hydrogen) atoms. The number of hydrogen-bond donors (Lipinski definition) is 1. The molecular formula is C17H23N3O. The highest BCUT2D eigenvalue weighted by Gasteiger charge is 2.09. The summed E-state index contributed by atoms with van der Waals surface area (Å²) in [6.07, 6.45) is 1.82. The second-order valence-electron chi connectivity index (χ2n) is 5.58. The Balaban J connectivity index is 2.25. The highest BCUT2D eigenvalue weighted by atomic mass is 16.5. The zero-order valence-electron chi connectivity index (χ0n) is 13.4. The van der Waals surface area contributed by atoms with Crippen LogP contribution in [0, 0.1) is 13.8 Å². The first-order valence-corrected chi connectivity index (χ1v) is 7.26. The molecule has 4 nitrogen and oxygen atoms in total. The average molecular weight is 285 g/mol. The molecule has 0 amide bonds. The van der Waals surface area contributed by atoms with Gasteiger partial charge in [-0.1, -0.05) is 26.0 Å². The number of aryl methyl sites for hydroxylation is 2. The van der Waals surface area contributed by atoms with E-state index < -0.39 is 0 Å². The predicted octanol–water partition coefficient (Wildman–Crippen LogP) is 3.73. The van der Waals surface area contributed by atoms with Gasteiger partial charge in [-0.15, -0.1) is 0 Å². The summed E-state index contributed by atoms with van der Waals surface area (Å²) in [5.41, 5.74) is 4.35. The normalized spacial score (nSPS) is 11.0. The highest BCUT2D eigenvalue weighted by Crippen LogP contribution is 2.27. The lowest BCUT2D eigenvalue weighted by Crippen LogP contribution is -2.08. The Labute approximate surface area is 126 Å². The number of nitrogens with zero attached hydrogens (tertiary/aromatic N) is 2. The van der Waals surface area contributed by atoms with Crippen molar-refractivity contribution in [2.24, 2.45) is 0 Å². The summed E-state index contributed by atoms with van der Waals surface area (Å²) in [5, 5.41) is 3.10. The number of ether oxygens (including phenoxy) is 1. The van der Waals surface area contributed by atoms with Gasteiger partial charge in [-0.05, 0) is 44.0 Å². The Bertz CT molecular complexity index is 623. The summed E-state index contributed by atoms with van der Waals surface area (Å²) in [6, 6.07) is 6.68. The summed E-state index contributed by atoms with van der Waals surface area (Å²) in [6.45, 7) is 9.09. The third-order valence-corrected chi connectivity index (χ3v) is 3.51. The maximum atomic E-state index is 5.87. The second kappa shape index (κ2) is 6.68. The third-order valence-electron chi connectivity index (χ3n) is 3.51. The lowest BCUT2D eigenvalue weighted by Gasteiger charge is -2.12. The molecule has 0 saturated heterocycles. The monoisotopic (exact) mass is 285 g/mol. The summed E-state index contributed by atoms with van der Waals surface area (Å²) in [5.74, 6) is 1.29. The fraction of sp³-hybridized carbons (Fsp3) is 0.412. The van der Waals surface area contributed by atoms with E-state index in [-0.39, 0.29) is 0 Å². The van der Waals surface area contributed by atoms with Gasteiger partial charge in [-0.25, -0.2) is 4.98 Å². The van der Waals surface area contributed by atoms with Crippen molar-refractivity contribution in [1.82, 2.24) is 15.3 Å². The molecule has 0 aliphatic rings. The first kappa shape index (κ1) is 15.4. The topological polar surface area (TPSA) is 47.0 Å². The van der Waals surface area contributed by atoms with Crippen molar-refractivity contribution in [2.45, 2.75) is 40.2 Å². The van der Waals surface area contributed by atoms with Crippen LogP contribution in [0.15, 0.2) is 24.4 Å². The number of aromatic nitrogens is 2. The molecular weight excluding hydrogens is 262 g/mol. The molecule has 112 valence electrons. The molecule has 4 heteroatoms. The van der Waals surface area contributed by atoms with Gasteiger partial charge in [0.25, 0.3) is 0 Å². The molecule has 1 N–H and O–H groups in total. The highest BCUT2D eigenvalue weighted by molar-refractivity contribution is 5.39. The Hall–Kier alpha value is -1.94. The maximum absolute atomic E-state index is 5.87. The second-order valence-corrected chi connectivity index (χ2v) is 5.58. The molecule has 0 aliphatic heterocycles. The van der Waals surface area contributed by atoms with Gasteiger partial charge >= 0.3 is 6.01 Å². The fourth-order valence-corrected chi connectivity index (χ4v) is 2.07.